The van der Waals surface area contributed by atoms with Crippen LogP contribution in [0.3, 0.4) is 0 Å². The molecule has 2 heterocycles. The first-order valence-corrected chi connectivity index (χ1v) is 5.94. The largest absolute Gasteiger partial charge is 0.489 e. The van der Waals surface area contributed by atoms with E-state index in [4.69, 9.17) is 14.6 Å². The maximum Gasteiger partial charge on any atom is 0.374 e. The highest BCUT2D eigenvalue weighted by molar-refractivity contribution is 5.85. The molecule has 1 aromatic carbocycles. The predicted molar refractivity (Wildman–Crippen MR) is 64.5 cm³/mol. The van der Waals surface area contributed by atoms with E-state index >= 15 is 0 Å². The molecule has 0 radical (unpaired) electrons. The van der Waals surface area contributed by atoms with Crippen LogP contribution in [0, 0.1) is 5.82 Å². The van der Waals surface area contributed by atoms with Gasteiger partial charge in [-0.25, -0.2) is 9.18 Å². The smallest absolute Gasteiger partial charge is 0.374 e. The Labute approximate surface area is 112 Å². The van der Waals surface area contributed by atoms with E-state index in [9.17, 15) is 9.18 Å². The Morgan fingerprint density at radius 1 is 1.25 bits per heavy atom. The highest BCUT2D eigenvalue weighted by Gasteiger charge is 2.19. The molecule has 1 aromatic heterocycles. The van der Waals surface area contributed by atoms with E-state index in [-0.39, 0.29) is 23.0 Å². The number of fused-ring (bicyclic) bond motifs is 1. The predicted octanol–water partition coefficient (Wildman–Crippen LogP) is 2.34. The van der Waals surface area contributed by atoms with Gasteiger partial charge in [-0.3, -0.25) is 0 Å². The van der Waals surface area contributed by atoms with E-state index in [1.54, 1.807) is 6.07 Å². The van der Waals surface area contributed by atoms with E-state index in [0.29, 0.717) is 25.2 Å². The van der Waals surface area contributed by atoms with Gasteiger partial charge in [0.05, 0.1) is 13.2 Å². The van der Waals surface area contributed by atoms with Crippen molar-refractivity contribution in [3.8, 4) is 22.8 Å². The number of ether oxygens (including phenoxy) is 2. The topological polar surface area (TPSA) is 81.8 Å². The van der Waals surface area contributed by atoms with Gasteiger partial charge in [0.1, 0.15) is 5.69 Å². The molecular weight excluding hydrogens is 269 g/mol. The van der Waals surface area contributed by atoms with Crippen molar-refractivity contribution in [2.24, 2.45) is 0 Å². The van der Waals surface area contributed by atoms with Gasteiger partial charge in [0.25, 0.3) is 0 Å². The summed E-state index contributed by atoms with van der Waals surface area (Å²) in [5.74, 6) is -1.80. The summed E-state index contributed by atoms with van der Waals surface area (Å²) in [6.45, 7) is 0.811. The van der Waals surface area contributed by atoms with Crippen molar-refractivity contribution in [1.29, 1.82) is 0 Å². The van der Waals surface area contributed by atoms with Crippen LogP contribution < -0.4 is 9.47 Å². The van der Waals surface area contributed by atoms with Gasteiger partial charge in [-0.1, -0.05) is 5.16 Å². The molecule has 0 fully saturated rings. The van der Waals surface area contributed by atoms with E-state index in [1.807, 2.05) is 0 Å². The van der Waals surface area contributed by atoms with E-state index in [1.165, 1.54) is 12.1 Å². The average molecular weight is 279 g/mol. The van der Waals surface area contributed by atoms with Gasteiger partial charge in [-0.15, -0.1) is 0 Å². The minimum atomic E-state index is -1.24. The molecule has 0 saturated carbocycles. The fourth-order valence-electron chi connectivity index (χ4n) is 1.89. The van der Waals surface area contributed by atoms with Crippen LogP contribution >= 0.6 is 0 Å². The van der Waals surface area contributed by atoms with Crippen molar-refractivity contribution >= 4 is 5.97 Å². The van der Waals surface area contributed by atoms with Gasteiger partial charge in [-0.2, -0.15) is 0 Å². The molecule has 20 heavy (non-hydrogen) atoms. The summed E-state index contributed by atoms with van der Waals surface area (Å²) in [6, 6.07) is 3.98. The highest BCUT2D eigenvalue weighted by atomic mass is 19.1. The van der Waals surface area contributed by atoms with Crippen molar-refractivity contribution in [1.82, 2.24) is 5.16 Å². The molecule has 6 nitrogen and oxygen atoms in total. The Morgan fingerprint density at radius 2 is 2.05 bits per heavy atom. The van der Waals surface area contributed by atoms with Crippen LogP contribution in [0.5, 0.6) is 11.5 Å². The van der Waals surface area contributed by atoms with Gasteiger partial charge >= 0.3 is 5.97 Å². The summed E-state index contributed by atoms with van der Waals surface area (Å²) in [6.07, 6.45) is 0.663. The van der Waals surface area contributed by atoms with Crippen LogP contribution in [0.15, 0.2) is 22.7 Å². The second-order valence-corrected chi connectivity index (χ2v) is 4.22. The number of carboxylic acids is 1. The van der Waals surface area contributed by atoms with E-state index < -0.39 is 11.8 Å². The summed E-state index contributed by atoms with van der Waals surface area (Å²) in [4.78, 5) is 10.7. The molecule has 104 valence electrons. The van der Waals surface area contributed by atoms with Crippen LogP contribution in [-0.2, 0) is 0 Å². The number of hydrogen-bond acceptors (Lipinski definition) is 5. The normalized spacial score (nSPS) is 13.8. The average Bonchev–Trinajstić information content (AvgIpc) is 2.79. The Morgan fingerprint density at radius 3 is 2.80 bits per heavy atom. The lowest BCUT2D eigenvalue weighted by Gasteiger charge is -2.09. The van der Waals surface area contributed by atoms with E-state index in [0.717, 1.165) is 0 Å². The van der Waals surface area contributed by atoms with Crippen LogP contribution in [0.4, 0.5) is 4.39 Å². The highest BCUT2D eigenvalue weighted by Crippen LogP contribution is 2.36. The van der Waals surface area contributed by atoms with Gasteiger partial charge in [-0.05, 0) is 12.1 Å². The number of rotatable bonds is 2. The lowest BCUT2D eigenvalue weighted by atomic mass is 10.1. The van der Waals surface area contributed by atoms with Crippen molar-refractivity contribution in [2.75, 3.05) is 13.2 Å². The van der Waals surface area contributed by atoms with Crippen molar-refractivity contribution in [3.63, 3.8) is 0 Å². The first-order chi connectivity index (χ1) is 9.65. The number of aromatic nitrogens is 1. The number of carbonyl (C=O) groups is 1. The lowest BCUT2D eigenvalue weighted by Crippen LogP contribution is -1.98. The molecule has 0 unspecified atom stereocenters. The third kappa shape index (κ3) is 2.18. The van der Waals surface area contributed by atoms with Crippen molar-refractivity contribution in [2.45, 2.75) is 6.42 Å². The number of carboxylic acid groups (broad SMARTS) is 1. The minimum Gasteiger partial charge on any atom is -0.489 e. The molecule has 1 N–H and O–H groups in total. The zero-order chi connectivity index (χ0) is 14.1. The zero-order valence-electron chi connectivity index (χ0n) is 10.3. The Kier molecular flexibility index (Phi) is 3.02. The van der Waals surface area contributed by atoms with E-state index in [2.05, 4.69) is 9.68 Å². The number of halogens is 1. The molecule has 2 aromatic rings. The maximum atomic E-state index is 14.0. The molecule has 0 saturated heterocycles. The summed E-state index contributed by atoms with van der Waals surface area (Å²) >= 11 is 0. The Bertz CT molecular complexity index is 667. The summed E-state index contributed by atoms with van der Waals surface area (Å²) in [7, 11) is 0. The lowest BCUT2D eigenvalue weighted by molar-refractivity contribution is 0.0652. The maximum absolute atomic E-state index is 14.0. The molecule has 1 aliphatic heterocycles. The molecule has 0 amide bonds. The van der Waals surface area contributed by atoms with Crippen LogP contribution in [0.25, 0.3) is 11.3 Å². The standard InChI is InChI=1S/C13H10FNO5/c14-8-4-7(9-6-11(13(16)17)20-15-9)5-10-12(8)19-3-1-2-18-10/h4-6H,1-3H2,(H,16,17). The molecule has 0 bridgehead atoms. The van der Waals surface area contributed by atoms with Crippen LogP contribution in [0.1, 0.15) is 17.0 Å². The van der Waals surface area contributed by atoms with Crippen molar-refractivity contribution in [3.05, 3.63) is 29.8 Å². The molecule has 0 atom stereocenters. The summed E-state index contributed by atoms with van der Waals surface area (Å²) in [5, 5.41) is 12.4. The number of aromatic carboxylic acids is 1. The molecule has 1 aliphatic rings. The van der Waals surface area contributed by atoms with Gasteiger partial charge in [0, 0.05) is 18.1 Å². The molecule has 7 heteroatoms. The molecule has 3 rings (SSSR count). The zero-order valence-corrected chi connectivity index (χ0v) is 10.3. The Hall–Kier alpha value is -2.57. The summed E-state index contributed by atoms with van der Waals surface area (Å²) < 4.78 is 29.3. The fraction of sp³-hybridized carbons (Fsp3) is 0.231. The fourth-order valence-corrected chi connectivity index (χ4v) is 1.89. The monoisotopic (exact) mass is 279 g/mol. The minimum absolute atomic E-state index is 0.0632. The first-order valence-electron chi connectivity index (χ1n) is 5.94. The second-order valence-electron chi connectivity index (χ2n) is 4.22. The Balaban J connectivity index is 2.03. The van der Waals surface area contributed by atoms with Gasteiger partial charge in [0.15, 0.2) is 17.3 Å². The van der Waals surface area contributed by atoms with Gasteiger partial charge in [0.2, 0.25) is 5.76 Å². The third-order valence-corrected chi connectivity index (χ3v) is 2.82. The second kappa shape index (κ2) is 4.84. The number of hydrogen-bond donors (Lipinski definition) is 1. The summed E-state index contributed by atoms with van der Waals surface area (Å²) in [5.41, 5.74) is 0.583. The van der Waals surface area contributed by atoms with Gasteiger partial charge < -0.3 is 19.1 Å². The molecule has 0 aliphatic carbocycles. The van der Waals surface area contributed by atoms with Crippen molar-refractivity contribution < 1.29 is 28.3 Å². The number of benzene rings is 1. The molecular formula is C13H10FNO5. The third-order valence-electron chi connectivity index (χ3n) is 2.82. The number of nitrogens with zero attached hydrogens (tertiary/aromatic N) is 1. The quantitative estimate of drug-likeness (QED) is 0.908. The first kappa shape index (κ1) is 12.5. The SMILES string of the molecule is O=C(O)c1cc(-c2cc(F)c3c(c2)OCCCO3)no1. The van der Waals surface area contributed by atoms with Crippen LogP contribution in [0.2, 0.25) is 0 Å². The van der Waals surface area contributed by atoms with Crippen LogP contribution in [-0.4, -0.2) is 29.4 Å². The molecule has 0 spiro atoms.